The van der Waals surface area contributed by atoms with Crippen LogP contribution in [-0.4, -0.2) is 31.9 Å². The minimum absolute atomic E-state index is 0.198. The third-order valence-corrected chi connectivity index (χ3v) is 5.82. The van der Waals surface area contributed by atoms with E-state index in [2.05, 4.69) is 23.0 Å². The van der Waals surface area contributed by atoms with Gasteiger partial charge in [-0.3, -0.25) is 4.40 Å². The van der Waals surface area contributed by atoms with Crippen LogP contribution in [0.2, 0.25) is 0 Å². The number of aliphatic hydroxyl groups is 1. The number of halogens is 5. The molecule has 0 atom stereocenters. The molecule has 0 amide bonds. The molecule has 0 spiro atoms. The average Bonchev–Trinajstić information content (AvgIpc) is 3.56. The third kappa shape index (κ3) is 6.92. The molecule has 2 aromatic heterocycles. The molecule has 35 heavy (non-hydrogen) atoms. The van der Waals surface area contributed by atoms with Crippen LogP contribution < -0.4 is 4.74 Å². The largest absolute Gasteiger partial charge is 0.490 e. The molecule has 0 bridgehead atoms. The van der Waals surface area contributed by atoms with Gasteiger partial charge in [-0.15, -0.1) is 23.0 Å². The molecule has 2 heterocycles. The molecule has 2 saturated carbocycles. The molecule has 3 aromatic rings. The van der Waals surface area contributed by atoms with E-state index in [4.69, 9.17) is 4.74 Å². The zero-order valence-electron chi connectivity index (χ0n) is 18.9. The van der Waals surface area contributed by atoms with E-state index < -0.39 is 23.4 Å². The number of nitrogens with zero attached hydrogens (tertiary/aromatic N) is 3. The Hall–Kier alpha value is -3.19. The average molecular weight is 495 g/mol. The Labute approximate surface area is 199 Å². The van der Waals surface area contributed by atoms with Crippen LogP contribution >= 0.6 is 0 Å². The zero-order valence-corrected chi connectivity index (χ0v) is 18.9. The Bertz CT molecular complexity index is 1110. The smallest absolute Gasteiger partial charge is 0.423 e. The molecule has 0 aliphatic heterocycles. The van der Waals surface area contributed by atoms with Crippen molar-refractivity contribution >= 4 is 5.65 Å². The monoisotopic (exact) mass is 495 g/mol. The number of fused-ring (bicyclic) bond motifs is 1. The molecule has 188 valence electrons. The highest BCUT2D eigenvalue weighted by molar-refractivity contribution is 5.56. The van der Waals surface area contributed by atoms with Crippen molar-refractivity contribution in [2.24, 2.45) is 5.92 Å². The van der Waals surface area contributed by atoms with E-state index in [1.54, 1.807) is 6.20 Å². The van der Waals surface area contributed by atoms with Gasteiger partial charge in [0.1, 0.15) is 17.1 Å². The first-order chi connectivity index (χ1) is 16.7. The molecule has 10 heteroatoms. The second kappa shape index (κ2) is 11.5. The Morgan fingerprint density at radius 1 is 0.943 bits per heavy atom. The van der Waals surface area contributed by atoms with Gasteiger partial charge in [-0.25, -0.2) is 8.78 Å². The van der Waals surface area contributed by atoms with Crippen molar-refractivity contribution in [3.05, 3.63) is 59.6 Å². The van der Waals surface area contributed by atoms with Crippen LogP contribution in [-0.2, 0) is 12.6 Å². The van der Waals surface area contributed by atoms with Crippen molar-refractivity contribution in [2.45, 2.75) is 63.3 Å². The molecule has 0 radical (unpaired) electrons. The van der Waals surface area contributed by atoms with Crippen molar-refractivity contribution < 1.29 is 31.8 Å². The summed E-state index contributed by atoms with van der Waals surface area (Å²) < 4.78 is 72.0. The highest BCUT2D eigenvalue weighted by Gasteiger charge is 2.39. The minimum atomic E-state index is -4.57. The molecule has 2 aliphatic carbocycles. The summed E-state index contributed by atoms with van der Waals surface area (Å²) in [4.78, 5) is 0. The first kappa shape index (κ1) is 26.4. The fourth-order valence-corrected chi connectivity index (χ4v) is 3.85. The fourth-order valence-electron chi connectivity index (χ4n) is 3.85. The lowest BCUT2D eigenvalue weighted by atomic mass is 9.95. The summed E-state index contributed by atoms with van der Waals surface area (Å²) in [6.07, 6.45) is 9.31. The Kier molecular flexibility index (Phi) is 8.67. The first-order valence-electron chi connectivity index (χ1n) is 11.2. The SMILES string of the molecule is C#C.Fc1ccccc1F.OC1CCC(Oc2ccn3c(CC4CC4)nnc3c2C(F)(F)F)CC1. The summed E-state index contributed by atoms with van der Waals surface area (Å²) in [5, 5.41) is 17.3. The summed E-state index contributed by atoms with van der Waals surface area (Å²) in [5.74, 6) is -0.728. The predicted molar refractivity (Wildman–Crippen MR) is 120 cm³/mol. The number of aliphatic hydroxyl groups excluding tert-OH is 1. The van der Waals surface area contributed by atoms with Crippen LogP contribution in [0, 0.1) is 30.4 Å². The number of terminal acetylenes is 1. The fraction of sp³-hybridized carbons (Fsp3) is 0.440. The van der Waals surface area contributed by atoms with Crippen molar-refractivity contribution in [2.75, 3.05) is 0 Å². The van der Waals surface area contributed by atoms with Gasteiger partial charge in [0.15, 0.2) is 17.3 Å². The molecule has 2 aliphatic rings. The van der Waals surface area contributed by atoms with Crippen molar-refractivity contribution in [1.82, 2.24) is 14.6 Å². The number of hydrogen-bond donors (Lipinski definition) is 1. The van der Waals surface area contributed by atoms with E-state index in [9.17, 15) is 27.1 Å². The normalized spacial score (nSPS) is 19.8. The lowest BCUT2D eigenvalue weighted by Crippen LogP contribution is -2.27. The summed E-state index contributed by atoms with van der Waals surface area (Å²) in [6.45, 7) is 0. The molecular weight excluding hydrogens is 469 g/mol. The number of hydrogen-bond acceptors (Lipinski definition) is 4. The summed E-state index contributed by atoms with van der Waals surface area (Å²) in [5.41, 5.74) is -1.06. The lowest BCUT2D eigenvalue weighted by Gasteiger charge is -2.27. The maximum absolute atomic E-state index is 13.7. The predicted octanol–water partition coefficient (Wildman–Crippen LogP) is 5.60. The summed E-state index contributed by atoms with van der Waals surface area (Å²) in [7, 11) is 0. The van der Waals surface area contributed by atoms with Crippen LogP contribution in [0.1, 0.15) is 49.9 Å². The highest BCUT2D eigenvalue weighted by Crippen LogP contribution is 2.40. The Balaban J connectivity index is 0.000000289. The quantitative estimate of drug-likeness (QED) is 0.378. The standard InChI is InChI=1S/C17H20F3N3O2.C6H4F2.C2H2/c18-17(19,20)15-13(25-12-5-3-11(24)4-6-12)7-8-23-14(9-10-1-2-10)21-22-16(15)23;7-5-3-1-2-4-6(5)8;1-2/h7-8,10-12,24H,1-6,9H2;1-4H;1-2H. The van der Waals surface area contributed by atoms with Gasteiger partial charge in [0.25, 0.3) is 0 Å². The van der Waals surface area contributed by atoms with Crippen LogP contribution in [0.25, 0.3) is 5.65 Å². The second-order valence-corrected chi connectivity index (χ2v) is 8.47. The van der Waals surface area contributed by atoms with Gasteiger partial charge >= 0.3 is 6.18 Å². The molecule has 5 nitrogen and oxygen atoms in total. The van der Waals surface area contributed by atoms with Crippen molar-refractivity contribution in [1.29, 1.82) is 0 Å². The van der Waals surface area contributed by atoms with E-state index in [-0.39, 0.29) is 23.6 Å². The van der Waals surface area contributed by atoms with Crippen LogP contribution in [0.15, 0.2) is 36.5 Å². The molecule has 2 fully saturated rings. The van der Waals surface area contributed by atoms with Crippen LogP contribution in [0.4, 0.5) is 22.0 Å². The minimum Gasteiger partial charge on any atom is -0.490 e. The molecule has 0 saturated heterocycles. The number of aromatic nitrogens is 3. The van der Waals surface area contributed by atoms with Gasteiger partial charge in [-0.1, -0.05) is 12.1 Å². The van der Waals surface area contributed by atoms with Crippen molar-refractivity contribution in [3.8, 4) is 18.6 Å². The third-order valence-electron chi connectivity index (χ3n) is 5.82. The van der Waals surface area contributed by atoms with Crippen LogP contribution in [0.3, 0.4) is 0 Å². The first-order valence-corrected chi connectivity index (χ1v) is 11.2. The van der Waals surface area contributed by atoms with E-state index in [1.165, 1.54) is 22.6 Å². The van der Waals surface area contributed by atoms with Crippen LogP contribution in [0.5, 0.6) is 5.75 Å². The molecule has 5 rings (SSSR count). The Morgan fingerprint density at radius 3 is 2.06 bits per heavy atom. The van der Waals surface area contributed by atoms with Gasteiger partial charge in [0.05, 0.1) is 12.2 Å². The molecule has 0 unspecified atom stereocenters. The maximum Gasteiger partial charge on any atom is 0.423 e. The number of ether oxygens (including phenoxy) is 1. The number of benzene rings is 1. The molecule has 1 N–H and O–H groups in total. The van der Waals surface area contributed by atoms with E-state index in [0.717, 1.165) is 25.0 Å². The van der Waals surface area contributed by atoms with E-state index in [0.29, 0.717) is 43.8 Å². The van der Waals surface area contributed by atoms with Gasteiger partial charge in [0.2, 0.25) is 0 Å². The second-order valence-electron chi connectivity index (χ2n) is 8.47. The van der Waals surface area contributed by atoms with Gasteiger partial charge < -0.3 is 9.84 Å². The van der Waals surface area contributed by atoms with Crippen molar-refractivity contribution in [3.63, 3.8) is 0 Å². The van der Waals surface area contributed by atoms with Gasteiger partial charge in [-0.05, 0) is 62.6 Å². The number of alkyl halides is 3. The summed E-state index contributed by atoms with van der Waals surface area (Å²) >= 11 is 0. The van der Waals surface area contributed by atoms with E-state index in [1.807, 2.05) is 0 Å². The summed E-state index contributed by atoms with van der Waals surface area (Å²) in [6, 6.07) is 6.40. The topological polar surface area (TPSA) is 59.7 Å². The number of rotatable bonds is 4. The zero-order chi connectivity index (χ0) is 25.6. The van der Waals surface area contributed by atoms with Gasteiger partial charge in [-0.2, -0.15) is 13.2 Å². The Morgan fingerprint density at radius 2 is 1.54 bits per heavy atom. The van der Waals surface area contributed by atoms with Gasteiger partial charge in [0, 0.05) is 12.6 Å². The lowest BCUT2D eigenvalue weighted by molar-refractivity contribution is -0.138. The highest BCUT2D eigenvalue weighted by atomic mass is 19.4. The molecule has 1 aromatic carbocycles. The van der Waals surface area contributed by atoms with E-state index >= 15 is 0 Å². The maximum atomic E-state index is 13.7. The molecular formula is C25H26F5N3O2. The number of pyridine rings is 1.